The lowest BCUT2D eigenvalue weighted by atomic mass is 9.87. The van der Waals surface area contributed by atoms with E-state index in [9.17, 15) is 18.0 Å². The van der Waals surface area contributed by atoms with Crippen molar-refractivity contribution in [3.05, 3.63) is 65.0 Å². The monoisotopic (exact) mass is 529 g/mol. The minimum absolute atomic E-state index is 0.00554. The van der Waals surface area contributed by atoms with E-state index >= 15 is 0 Å². The van der Waals surface area contributed by atoms with E-state index < -0.39 is 27.3 Å². The van der Waals surface area contributed by atoms with Gasteiger partial charge >= 0.3 is 5.97 Å². The molecule has 37 heavy (non-hydrogen) atoms. The summed E-state index contributed by atoms with van der Waals surface area (Å²) in [5.41, 5.74) is 2.12. The molecule has 0 fully saturated rings. The van der Waals surface area contributed by atoms with Gasteiger partial charge in [-0.3, -0.25) is 9.63 Å². The lowest BCUT2D eigenvalue weighted by molar-refractivity contribution is 0.0519. The van der Waals surface area contributed by atoms with Crippen molar-refractivity contribution in [1.29, 1.82) is 0 Å². The van der Waals surface area contributed by atoms with Gasteiger partial charge in [-0.05, 0) is 67.8 Å². The van der Waals surface area contributed by atoms with Crippen LogP contribution in [0.2, 0.25) is 0 Å². The zero-order valence-corrected chi connectivity index (χ0v) is 22.7. The van der Waals surface area contributed by atoms with E-state index in [1.807, 2.05) is 27.7 Å². The highest BCUT2D eigenvalue weighted by Crippen LogP contribution is 2.31. The highest BCUT2D eigenvalue weighted by molar-refractivity contribution is 7.89. The molecule has 0 atom stereocenters. The second kappa shape index (κ2) is 10.8. The Hall–Kier alpha value is -3.61. The van der Waals surface area contributed by atoms with Crippen molar-refractivity contribution >= 4 is 27.6 Å². The van der Waals surface area contributed by atoms with E-state index in [4.69, 9.17) is 9.57 Å². The SMILES string of the molecule is CCOC(=O)c1cn(-c2cc(C(=O)N(OC)c3cc(C(C)(C)C)cc(S(=O)(=O)NC)c3)ccc2C)nn1. The molecule has 198 valence electrons. The smallest absolute Gasteiger partial charge is 0.360 e. The van der Waals surface area contributed by atoms with Crippen molar-refractivity contribution < 1.29 is 27.6 Å². The molecule has 0 unspecified atom stereocenters. The molecule has 1 N–H and O–H groups in total. The van der Waals surface area contributed by atoms with Gasteiger partial charge in [-0.15, -0.1) is 5.10 Å². The van der Waals surface area contributed by atoms with Crippen LogP contribution in [0.1, 0.15) is 59.7 Å². The quantitative estimate of drug-likeness (QED) is 0.348. The molecule has 0 aliphatic rings. The van der Waals surface area contributed by atoms with Gasteiger partial charge in [0, 0.05) is 5.56 Å². The maximum atomic E-state index is 13.6. The van der Waals surface area contributed by atoms with Crippen molar-refractivity contribution in [3.63, 3.8) is 0 Å². The molecule has 12 heteroatoms. The molecule has 0 radical (unpaired) electrons. The zero-order chi connectivity index (χ0) is 27.5. The van der Waals surface area contributed by atoms with Crippen LogP contribution in [0.15, 0.2) is 47.5 Å². The maximum Gasteiger partial charge on any atom is 0.360 e. The molecule has 2 aromatic carbocycles. The standard InChI is InChI=1S/C25H31N5O6S/c1-8-36-24(32)21-15-29(28-27-21)22-11-17(10-9-16(22)2)23(31)30(35-7)19-12-18(25(3,4)5)13-20(14-19)37(33,34)26-6/h9-15,26H,8H2,1-7H3. The highest BCUT2D eigenvalue weighted by atomic mass is 32.2. The number of esters is 1. The second-order valence-electron chi connectivity index (χ2n) is 9.23. The number of nitrogens with zero attached hydrogens (tertiary/aromatic N) is 4. The van der Waals surface area contributed by atoms with Gasteiger partial charge in [-0.25, -0.2) is 22.6 Å². The topological polar surface area (TPSA) is 133 Å². The summed E-state index contributed by atoms with van der Waals surface area (Å²) in [6.07, 6.45) is 1.42. The fourth-order valence-electron chi connectivity index (χ4n) is 3.50. The number of hydroxylamine groups is 1. The Balaban J connectivity index is 2.06. The predicted molar refractivity (Wildman–Crippen MR) is 137 cm³/mol. The number of sulfonamides is 1. The molecular weight excluding hydrogens is 498 g/mol. The molecule has 1 amide bonds. The van der Waals surface area contributed by atoms with Gasteiger partial charge in [0.2, 0.25) is 10.0 Å². The van der Waals surface area contributed by atoms with E-state index in [1.165, 1.54) is 31.1 Å². The number of benzene rings is 2. The average Bonchev–Trinajstić information content (AvgIpc) is 3.34. The Labute approximate surface area is 216 Å². The van der Waals surface area contributed by atoms with Gasteiger partial charge in [0.1, 0.15) is 0 Å². The summed E-state index contributed by atoms with van der Waals surface area (Å²) >= 11 is 0. The Bertz CT molecular complexity index is 1430. The number of carbonyl (C=O) groups is 2. The molecule has 3 aromatic rings. The van der Waals surface area contributed by atoms with Crippen LogP contribution < -0.4 is 9.79 Å². The first-order chi connectivity index (χ1) is 17.3. The predicted octanol–water partition coefficient (Wildman–Crippen LogP) is 3.17. The third-order valence-electron chi connectivity index (χ3n) is 5.62. The Morgan fingerprint density at radius 3 is 2.43 bits per heavy atom. The van der Waals surface area contributed by atoms with Gasteiger partial charge in [-0.1, -0.05) is 32.1 Å². The van der Waals surface area contributed by atoms with Crippen molar-refractivity contribution in [2.75, 3.05) is 25.8 Å². The van der Waals surface area contributed by atoms with Crippen LogP contribution in [0.3, 0.4) is 0 Å². The Morgan fingerprint density at radius 2 is 1.84 bits per heavy atom. The summed E-state index contributed by atoms with van der Waals surface area (Å²) in [6.45, 7) is 9.54. The van der Waals surface area contributed by atoms with Crippen molar-refractivity contribution in [1.82, 2.24) is 19.7 Å². The Morgan fingerprint density at radius 1 is 1.14 bits per heavy atom. The van der Waals surface area contributed by atoms with Gasteiger partial charge < -0.3 is 4.74 Å². The molecule has 1 heterocycles. The third-order valence-corrected chi connectivity index (χ3v) is 7.01. The third kappa shape index (κ3) is 6.04. The lowest BCUT2D eigenvalue weighted by Crippen LogP contribution is -2.31. The number of aromatic nitrogens is 3. The normalized spacial score (nSPS) is 11.9. The Kier molecular flexibility index (Phi) is 8.16. The summed E-state index contributed by atoms with van der Waals surface area (Å²) in [4.78, 5) is 31.0. The molecule has 1 aromatic heterocycles. The summed E-state index contributed by atoms with van der Waals surface area (Å²) < 4.78 is 33.9. The summed E-state index contributed by atoms with van der Waals surface area (Å²) in [5, 5.41) is 8.88. The molecule has 11 nitrogen and oxygen atoms in total. The number of hydrogen-bond donors (Lipinski definition) is 1. The largest absolute Gasteiger partial charge is 0.461 e. The first-order valence-electron chi connectivity index (χ1n) is 11.5. The number of rotatable bonds is 8. The summed E-state index contributed by atoms with van der Waals surface area (Å²) in [6, 6.07) is 9.60. The number of ether oxygens (including phenoxy) is 1. The van der Waals surface area contributed by atoms with Crippen LogP contribution in [-0.4, -0.2) is 56.1 Å². The minimum Gasteiger partial charge on any atom is -0.461 e. The number of anilines is 1. The second-order valence-corrected chi connectivity index (χ2v) is 11.1. The molecule has 0 aliphatic heterocycles. The van der Waals surface area contributed by atoms with Crippen molar-refractivity contribution in [2.45, 2.75) is 44.9 Å². The molecule has 0 spiro atoms. The molecule has 0 saturated carbocycles. The zero-order valence-electron chi connectivity index (χ0n) is 21.9. The number of amides is 1. The van der Waals surface area contributed by atoms with Crippen molar-refractivity contribution in [3.8, 4) is 5.69 Å². The summed E-state index contributed by atoms with van der Waals surface area (Å²) in [7, 11) is -1.14. The molecule has 0 bridgehead atoms. The van der Waals surface area contributed by atoms with Crippen LogP contribution in [-0.2, 0) is 25.0 Å². The lowest BCUT2D eigenvalue weighted by Gasteiger charge is -2.25. The van der Waals surface area contributed by atoms with Gasteiger partial charge in [0.05, 0.1) is 36.2 Å². The first-order valence-corrected chi connectivity index (χ1v) is 13.0. The van der Waals surface area contributed by atoms with E-state index in [1.54, 1.807) is 37.3 Å². The first kappa shape index (κ1) is 28.0. The highest BCUT2D eigenvalue weighted by Gasteiger charge is 2.26. The average molecular weight is 530 g/mol. The van der Waals surface area contributed by atoms with Crippen LogP contribution in [0.25, 0.3) is 5.69 Å². The number of hydrogen-bond acceptors (Lipinski definition) is 8. The van der Waals surface area contributed by atoms with Gasteiger partial charge in [-0.2, -0.15) is 5.06 Å². The molecule has 0 aliphatic carbocycles. The molecule has 3 rings (SSSR count). The van der Waals surface area contributed by atoms with Crippen LogP contribution in [0.4, 0.5) is 5.69 Å². The minimum atomic E-state index is -3.79. The van der Waals surface area contributed by atoms with E-state index in [0.29, 0.717) is 11.3 Å². The van der Waals surface area contributed by atoms with Gasteiger partial charge in [0.15, 0.2) is 5.69 Å². The molecular formula is C25H31N5O6S. The fourth-order valence-corrected chi connectivity index (χ4v) is 4.29. The van der Waals surface area contributed by atoms with E-state index in [-0.39, 0.29) is 28.4 Å². The van der Waals surface area contributed by atoms with Crippen LogP contribution in [0.5, 0.6) is 0 Å². The van der Waals surface area contributed by atoms with E-state index in [2.05, 4.69) is 15.0 Å². The van der Waals surface area contributed by atoms with Crippen molar-refractivity contribution in [2.24, 2.45) is 0 Å². The summed E-state index contributed by atoms with van der Waals surface area (Å²) in [5.74, 6) is -1.14. The van der Waals surface area contributed by atoms with Gasteiger partial charge in [0.25, 0.3) is 5.91 Å². The maximum absolute atomic E-state index is 13.6. The number of carbonyl (C=O) groups excluding carboxylic acids is 2. The van der Waals surface area contributed by atoms with Crippen LogP contribution in [0, 0.1) is 6.92 Å². The van der Waals surface area contributed by atoms with E-state index in [0.717, 1.165) is 10.6 Å². The fraction of sp³-hybridized carbons (Fsp3) is 0.360. The van der Waals surface area contributed by atoms with Crippen LogP contribution >= 0.6 is 0 Å². The number of nitrogens with one attached hydrogen (secondary N) is 1. The number of aryl methyl sites for hydroxylation is 1. The molecule has 0 saturated heterocycles.